The third-order valence-electron chi connectivity index (χ3n) is 3.91. The van der Waals surface area contributed by atoms with Crippen LogP contribution in [0.25, 0.3) is 6.08 Å². The molecule has 1 fully saturated rings. The van der Waals surface area contributed by atoms with Gasteiger partial charge in [-0.2, -0.15) is 0 Å². The number of hydrogen-bond donors (Lipinski definition) is 1. The van der Waals surface area contributed by atoms with Gasteiger partial charge in [0.05, 0.1) is 24.0 Å². The number of pyridine rings is 1. The van der Waals surface area contributed by atoms with Gasteiger partial charge in [-0.15, -0.1) is 0 Å². The Labute approximate surface area is 129 Å². The van der Waals surface area contributed by atoms with Crippen LogP contribution < -0.4 is 0 Å². The largest absolute Gasteiger partial charge is 0.492 e. The first-order chi connectivity index (χ1) is 9.66. The number of hydrogen-bond acceptors (Lipinski definition) is 4. The standard InChI is InChI=1S/C14H18BClFNO3/c1-13(2)14(3,4)21-15(20-13)10(8-19)5-9-6-11(17)7-18-12(9)16/h5-7,19H,8H2,1-4H3. The Kier molecular flexibility index (Phi) is 4.45. The Bertz CT molecular complexity index is 561. The summed E-state index contributed by atoms with van der Waals surface area (Å²) in [4.78, 5) is 3.73. The molecule has 1 aliphatic heterocycles. The molecule has 0 amide bonds. The highest BCUT2D eigenvalue weighted by molar-refractivity contribution is 6.56. The van der Waals surface area contributed by atoms with Crippen molar-refractivity contribution in [3.05, 3.63) is 34.3 Å². The Balaban J connectivity index is 2.33. The normalized spacial score (nSPS) is 20.9. The van der Waals surface area contributed by atoms with E-state index in [1.165, 1.54) is 6.07 Å². The maximum Gasteiger partial charge on any atom is 0.492 e. The van der Waals surface area contributed by atoms with Crippen LogP contribution in [-0.2, 0) is 9.31 Å². The van der Waals surface area contributed by atoms with E-state index in [1.807, 2.05) is 27.7 Å². The summed E-state index contributed by atoms with van der Waals surface area (Å²) in [6, 6.07) is 1.25. The van der Waals surface area contributed by atoms with Crippen molar-refractivity contribution in [1.29, 1.82) is 0 Å². The van der Waals surface area contributed by atoms with Gasteiger partial charge in [0, 0.05) is 5.56 Å². The van der Waals surface area contributed by atoms with Gasteiger partial charge in [0.1, 0.15) is 11.0 Å². The van der Waals surface area contributed by atoms with Crippen LogP contribution in [0.15, 0.2) is 17.7 Å². The number of aliphatic hydroxyl groups is 1. The van der Waals surface area contributed by atoms with E-state index in [0.29, 0.717) is 11.0 Å². The molecule has 0 saturated carbocycles. The summed E-state index contributed by atoms with van der Waals surface area (Å²) in [5.41, 5.74) is -0.204. The monoisotopic (exact) mass is 313 g/mol. The fraction of sp³-hybridized carbons (Fsp3) is 0.500. The molecule has 0 aromatic carbocycles. The number of rotatable bonds is 3. The molecule has 0 aliphatic carbocycles. The van der Waals surface area contributed by atoms with Crippen LogP contribution in [-0.4, -0.2) is 35.0 Å². The van der Waals surface area contributed by atoms with E-state index in [2.05, 4.69) is 4.98 Å². The summed E-state index contributed by atoms with van der Waals surface area (Å²) in [5.74, 6) is -0.503. The molecular formula is C14H18BClFNO3. The smallest absolute Gasteiger partial charge is 0.400 e. The maximum atomic E-state index is 13.2. The molecule has 0 radical (unpaired) electrons. The second-order valence-corrected chi connectivity index (χ2v) is 6.36. The summed E-state index contributed by atoms with van der Waals surface area (Å²) in [5, 5.41) is 9.71. The molecule has 4 nitrogen and oxygen atoms in total. The molecule has 0 atom stereocenters. The van der Waals surface area contributed by atoms with E-state index in [4.69, 9.17) is 20.9 Å². The zero-order valence-corrected chi connectivity index (χ0v) is 13.2. The first-order valence-corrected chi connectivity index (χ1v) is 7.02. The quantitative estimate of drug-likeness (QED) is 0.688. The van der Waals surface area contributed by atoms with Crippen LogP contribution in [0.3, 0.4) is 0 Å². The van der Waals surface area contributed by atoms with Gasteiger partial charge in [0.2, 0.25) is 0 Å². The topological polar surface area (TPSA) is 51.6 Å². The lowest BCUT2D eigenvalue weighted by Crippen LogP contribution is -2.41. The van der Waals surface area contributed by atoms with E-state index in [0.717, 1.165) is 6.20 Å². The second-order valence-electron chi connectivity index (χ2n) is 6.00. The lowest BCUT2D eigenvalue weighted by molar-refractivity contribution is 0.00578. The molecular weight excluding hydrogens is 295 g/mol. The third kappa shape index (κ3) is 3.29. The number of nitrogens with zero attached hydrogens (tertiary/aromatic N) is 1. The van der Waals surface area contributed by atoms with Crippen molar-refractivity contribution in [3.63, 3.8) is 0 Å². The third-order valence-corrected chi connectivity index (χ3v) is 4.23. The average molecular weight is 314 g/mol. The van der Waals surface area contributed by atoms with Crippen molar-refractivity contribution in [2.75, 3.05) is 6.61 Å². The first-order valence-electron chi connectivity index (χ1n) is 6.64. The van der Waals surface area contributed by atoms with E-state index in [-0.39, 0.29) is 11.8 Å². The van der Waals surface area contributed by atoms with Crippen molar-refractivity contribution >= 4 is 24.8 Å². The summed E-state index contributed by atoms with van der Waals surface area (Å²) < 4.78 is 25.0. The van der Waals surface area contributed by atoms with Crippen LogP contribution in [0.4, 0.5) is 4.39 Å². The molecule has 1 saturated heterocycles. The summed E-state index contributed by atoms with van der Waals surface area (Å²) >= 11 is 5.93. The van der Waals surface area contributed by atoms with Gasteiger partial charge >= 0.3 is 7.12 Å². The molecule has 0 spiro atoms. The minimum atomic E-state index is -0.709. The fourth-order valence-electron chi connectivity index (χ4n) is 1.92. The molecule has 7 heteroatoms. The van der Waals surface area contributed by atoms with Gasteiger partial charge < -0.3 is 14.4 Å². The van der Waals surface area contributed by atoms with E-state index >= 15 is 0 Å². The van der Waals surface area contributed by atoms with E-state index < -0.39 is 24.1 Å². The predicted octanol–water partition coefficient (Wildman–Crippen LogP) is 2.88. The van der Waals surface area contributed by atoms with Gasteiger partial charge in [-0.1, -0.05) is 17.7 Å². The Morgan fingerprint density at radius 3 is 2.48 bits per heavy atom. The molecule has 0 bridgehead atoms. The van der Waals surface area contributed by atoms with Gasteiger partial charge in [0.15, 0.2) is 0 Å². The highest BCUT2D eigenvalue weighted by atomic mass is 35.5. The van der Waals surface area contributed by atoms with Crippen molar-refractivity contribution in [1.82, 2.24) is 4.98 Å². The SMILES string of the molecule is CC1(C)OB(C(=Cc2cc(F)cnc2Cl)CO)OC1(C)C. The molecule has 114 valence electrons. The maximum absolute atomic E-state index is 13.2. The molecule has 2 rings (SSSR count). The molecule has 0 unspecified atom stereocenters. The minimum Gasteiger partial charge on any atom is -0.400 e. The summed E-state index contributed by atoms with van der Waals surface area (Å²) in [6.07, 6.45) is 2.58. The first kappa shape index (κ1) is 16.4. The summed E-state index contributed by atoms with van der Waals surface area (Å²) in [6.45, 7) is 7.37. The van der Waals surface area contributed by atoms with Crippen molar-refractivity contribution in [2.24, 2.45) is 0 Å². The summed E-state index contributed by atoms with van der Waals surface area (Å²) in [7, 11) is -0.709. The second kappa shape index (κ2) is 5.68. The molecule has 21 heavy (non-hydrogen) atoms. The Morgan fingerprint density at radius 1 is 1.38 bits per heavy atom. The van der Waals surface area contributed by atoms with Gasteiger partial charge in [-0.25, -0.2) is 9.37 Å². The van der Waals surface area contributed by atoms with Crippen LogP contribution in [0.2, 0.25) is 5.15 Å². The van der Waals surface area contributed by atoms with Crippen LogP contribution in [0.5, 0.6) is 0 Å². The highest BCUT2D eigenvalue weighted by Crippen LogP contribution is 2.38. The van der Waals surface area contributed by atoms with Gasteiger partial charge in [-0.3, -0.25) is 0 Å². The number of aliphatic hydroxyl groups excluding tert-OH is 1. The minimum absolute atomic E-state index is 0.152. The van der Waals surface area contributed by atoms with Gasteiger partial charge in [-0.05, 0) is 39.2 Å². The van der Waals surface area contributed by atoms with Crippen molar-refractivity contribution < 1.29 is 18.8 Å². The molecule has 1 N–H and O–H groups in total. The predicted molar refractivity (Wildman–Crippen MR) is 80.3 cm³/mol. The van der Waals surface area contributed by atoms with Crippen molar-refractivity contribution in [2.45, 2.75) is 38.9 Å². The van der Waals surface area contributed by atoms with E-state index in [9.17, 15) is 9.50 Å². The fourth-order valence-corrected chi connectivity index (χ4v) is 2.08. The van der Waals surface area contributed by atoms with Crippen LogP contribution >= 0.6 is 11.6 Å². The zero-order chi connectivity index (χ0) is 15.8. The number of halogens is 2. The Hall–Kier alpha value is -0.945. The van der Waals surface area contributed by atoms with Gasteiger partial charge in [0.25, 0.3) is 0 Å². The number of aromatic nitrogens is 1. The highest BCUT2D eigenvalue weighted by Gasteiger charge is 2.52. The van der Waals surface area contributed by atoms with Crippen molar-refractivity contribution in [3.8, 4) is 0 Å². The lowest BCUT2D eigenvalue weighted by Gasteiger charge is -2.32. The van der Waals surface area contributed by atoms with Crippen LogP contribution in [0.1, 0.15) is 33.3 Å². The van der Waals surface area contributed by atoms with E-state index in [1.54, 1.807) is 6.08 Å². The molecule has 1 aromatic heterocycles. The molecule has 1 aromatic rings. The Morgan fingerprint density at radius 2 is 1.95 bits per heavy atom. The zero-order valence-electron chi connectivity index (χ0n) is 12.5. The lowest BCUT2D eigenvalue weighted by atomic mass is 9.77. The van der Waals surface area contributed by atoms with Crippen LogP contribution in [0, 0.1) is 5.82 Å². The average Bonchev–Trinajstić information content (AvgIpc) is 2.59. The molecule has 2 heterocycles. The molecule has 1 aliphatic rings.